The van der Waals surface area contributed by atoms with Gasteiger partial charge >= 0.3 is 5.97 Å². The fourth-order valence-corrected chi connectivity index (χ4v) is 2.80. The highest BCUT2D eigenvalue weighted by molar-refractivity contribution is 5.94. The molecule has 2 aromatic rings. The van der Waals surface area contributed by atoms with Crippen LogP contribution >= 0.6 is 0 Å². The highest BCUT2D eigenvalue weighted by atomic mass is 16.5. The molecule has 1 aromatic carbocycles. The molecule has 0 spiro atoms. The third kappa shape index (κ3) is 5.75. The lowest BCUT2D eigenvalue weighted by molar-refractivity contribution is -0.143. The lowest BCUT2D eigenvalue weighted by Gasteiger charge is -2.26. The molecule has 8 heteroatoms. The maximum absolute atomic E-state index is 11.5. The molecule has 0 atom stereocenters. The first-order valence-corrected chi connectivity index (χ1v) is 8.80. The summed E-state index contributed by atoms with van der Waals surface area (Å²) in [5, 5.41) is 7.10. The summed E-state index contributed by atoms with van der Waals surface area (Å²) >= 11 is 0. The number of nitrogens with zero attached hydrogens (tertiary/aromatic N) is 3. The molecule has 8 nitrogen and oxygen atoms in total. The predicted octanol–water partition coefficient (Wildman–Crippen LogP) is 1.27. The monoisotopic (exact) mass is 369 g/mol. The number of anilines is 1. The van der Waals surface area contributed by atoms with Gasteiger partial charge in [-0.3, -0.25) is 10.2 Å². The van der Waals surface area contributed by atoms with Crippen LogP contribution in [0, 0.1) is 5.41 Å². The van der Waals surface area contributed by atoms with Crippen molar-refractivity contribution < 1.29 is 14.3 Å². The third-order valence-electron chi connectivity index (χ3n) is 4.12. The number of ether oxygens (including phenoxy) is 2. The lowest BCUT2D eigenvalue weighted by Crippen LogP contribution is -2.37. The number of carbonyl (C=O) groups is 1. The molecule has 0 bridgehead atoms. The second kappa shape index (κ2) is 9.09. The number of hydrogen-bond acceptors (Lipinski definition) is 7. The molecule has 0 aliphatic carbocycles. The van der Waals surface area contributed by atoms with Crippen molar-refractivity contribution in [2.75, 3.05) is 31.2 Å². The molecule has 0 saturated carbocycles. The summed E-state index contributed by atoms with van der Waals surface area (Å²) in [6.07, 6.45) is 4.19. The summed E-state index contributed by atoms with van der Waals surface area (Å²) < 4.78 is 10.5. The van der Waals surface area contributed by atoms with Crippen molar-refractivity contribution in [2.24, 2.45) is 5.73 Å². The van der Waals surface area contributed by atoms with Crippen LogP contribution in [0.1, 0.15) is 23.1 Å². The molecular formula is C19H23N5O3. The number of nitrogens with two attached hydrogens (primary N) is 1. The largest absolute Gasteiger partial charge is 0.460 e. The van der Waals surface area contributed by atoms with Gasteiger partial charge in [-0.25, -0.2) is 9.97 Å². The van der Waals surface area contributed by atoms with Crippen molar-refractivity contribution in [1.29, 1.82) is 5.41 Å². The van der Waals surface area contributed by atoms with Gasteiger partial charge < -0.3 is 20.1 Å². The Hall–Kier alpha value is -3.00. The van der Waals surface area contributed by atoms with Crippen LogP contribution in [0.4, 0.5) is 5.95 Å². The Bertz CT molecular complexity index is 788. The molecule has 1 aliphatic heterocycles. The molecule has 1 aliphatic rings. The van der Waals surface area contributed by atoms with E-state index in [1.165, 1.54) is 0 Å². The quantitative estimate of drug-likeness (QED) is 0.429. The van der Waals surface area contributed by atoms with Gasteiger partial charge in [-0.1, -0.05) is 24.3 Å². The van der Waals surface area contributed by atoms with E-state index in [9.17, 15) is 4.79 Å². The van der Waals surface area contributed by atoms with Crippen LogP contribution in [0.3, 0.4) is 0 Å². The third-order valence-corrected chi connectivity index (χ3v) is 4.12. The highest BCUT2D eigenvalue weighted by Crippen LogP contribution is 2.14. The van der Waals surface area contributed by atoms with Crippen LogP contribution in [0.25, 0.3) is 0 Å². The van der Waals surface area contributed by atoms with Crippen LogP contribution in [0.15, 0.2) is 36.7 Å². The van der Waals surface area contributed by atoms with Crippen molar-refractivity contribution in [2.45, 2.75) is 19.4 Å². The van der Waals surface area contributed by atoms with E-state index in [4.69, 9.17) is 20.6 Å². The normalized spacial score (nSPS) is 14.0. The van der Waals surface area contributed by atoms with Gasteiger partial charge in [0.2, 0.25) is 5.95 Å². The molecule has 1 fully saturated rings. The summed E-state index contributed by atoms with van der Waals surface area (Å²) in [4.78, 5) is 22.5. The summed E-state index contributed by atoms with van der Waals surface area (Å²) in [6, 6.07) is 7.81. The number of benzene rings is 1. The van der Waals surface area contributed by atoms with E-state index in [1.807, 2.05) is 36.7 Å². The summed E-state index contributed by atoms with van der Waals surface area (Å²) in [6.45, 7) is 3.18. The van der Waals surface area contributed by atoms with Crippen LogP contribution in [-0.2, 0) is 27.3 Å². The summed E-state index contributed by atoms with van der Waals surface area (Å²) in [5.74, 6) is 0.0301. The first kappa shape index (κ1) is 18.8. The van der Waals surface area contributed by atoms with Crippen molar-refractivity contribution >= 4 is 17.8 Å². The van der Waals surface area contributed by atoms with E-state index >= 15 is 0 Å². The molecule has 2 heterocycles. The van der Waals surface area contributed by atoms with Crippen molar-refractivity contribution in [3.63, 3.8) is 0 Å². The van der Waals surface area contributed by atoms with Gasteiger partial charge in [-0.05, 0) is 16.7 Å². The van der Waals surface area contributed by atoms with Gasteiger partial charge in [-0.15, -0.1) is 0 Å². The van der Waals surface area contributed by atoms with Gasteiger partial charge in [0.1, 0.15) is 18.9 Å². The molecular weight excluding hydrogens is 346 g/mol. The summed E-state index contributed by atoms with van der Waals surface area (Å²) in [5.41, 5.74) is 8.17. The molecule has 3 rings (SSSR count). The molecule has 0 amide bonds. The Morgan fingerprint density at radius 2 is 1.89 bits per heavy atom. The first-order valence-electron chi connectivity index (χ1n) is 8.80. The average Bonchev–Trinajstić information content (AvgIpc) is 2.67. The average molecular weight is 369 g/mol. The van der Waals surface area contributed by atoms with Crippen LogP contribution in [0.2, 0.25) is 0 Å². The Balaban J connectivity index is 1.57. The molecule has 1 saturated heterocycles. The second-order valence-electron chi connectivity index (χ2n) is 6.35. The van der Waals surface area contributed by atoms with E-state index < -0.39 is 5.97 Å². The Morgan fingerprint density at radius 1 is 1.19 bits per heavy atom. The summed E-state index contributed by atoms with van der Waals surface area (Å²) in [7, 11) is 0. The van der Waals surface area contributed by atoms with Gasteiger partial charge in [0.05, 0.1) is 13.2 Å². The zero-order valence-electron chi connectivity index (χ0n) is 15.1. The minimum Gasteiger partial charge on any atom is -0.460 e. The molecule has 1 aromatic heterocycles. The maximum Gasteiger partial charge on any atom is 0.313 e. The smallest absolute Gasteiger partial charge is 0.313 e. The Kier molecular flexibility index (Phi) is 6.32. The fourth-order valence-electron chi connectivity index (χ4n) is 2.80. The highest BCUT2D eigenvalue weighted by Gasteiger charge is 2.13. The first-order chi connectivity index (χ1) is 13.1. The number of nitrogens with one attached hydrogen (secondary N) is 1. The van der Waals surface area contributed by atoms with Crippen molar-refractivity contribution in [3.8, 4) is 0 Å². The Labute approximate surface area is 157 Å². The van der Waals surface area contributed by atoms with Gasteiger partial charge in [0.25, 0.3) is 0 Å². The van der Waals surface area contributed by atoms with E-state index in [1.54, 1.807) is 0 Å². The number of morpholine rings is 1. The number of amidine groups is 1. The zero-order chi connectivity index (χ0) is 19.1. The number of aromatic nitrogens is 2. The lowest BCUT2D eigenvalue weighted by atomic mass is 10.1. The SMILES string of the molecule is N=C(N)CC(=O)OCc1cccc(Cc2cnc(N3CCOCC3)nc2)c1. The number of hydrogen-bond donors (Lipinski definition) is 2. The number of rotatable bonds is 7. The van der Waals surface area contributed by atoms with Crippen LogP contribution in [0.5, 0.6) is 0 Å². The minimum absolute atomic E-state index is 0.159. The van der Waals surface area contributed by atoms with Crippen LogP contribution in [-0.4, -0.2) is 48.1 Å². The molecule has 3 N–H and O–H groups in total. The topological polar surface area (TPSA) is 114 Å². The van der Waals surface area contributed by atoms with E-state index in [-0.39, 0.29) is 18.9 Å². The van der Waals surface area contributed by atoms with Gasteiger partial charge in [0.15, 0.2) is 0 Å². The molecule has 0 unspecified atom stereocenters. The van der Waals surface area contributed by atoms with Gasteiger partial charge in [-0.2, -0.15) is 0 Å². The number of carbonyl (C=O) groups excluding carboxylic acids is 1. The standard InChI is InChI=1S/C19H23N5O3/c20-17(21)10-18(25)27-13-15-3-1-2-14(8-15)9-16-11-22-19(23-12-16)24-4-6-26-7-5-24/h1-3,8,11-12H,4-7,9-10,13H2,(H3,20,21). The van der Waals surface area contributed by atoms with Gasteiger partial charge in [0, 0.05) is 31.9 Å². The number of esters is 1. The zero-order valence-corrected chi connectivity index (χ0v) is 15.1. The van der Waals surface area contributed by atoms with E-state index in [2.05, 4.69) is 14.9 Å². The Morgan fingerprint density at radius 3 is 2.59 bits per heavy atom. The van der Waals surface area contributed by atoms with Crippen molar-refractivity contribution in [1.82, 2.24) is 9.97 Å². The predicted molar refractivity (Wildman–Crippen MR) is 101 cm³/mol. The van der Waals surface area contributed by atoms with E-state index in [0.717, 1.165) is 35.7 Å². The van der Waals surface area contributed by atoms with Crippen LogP contribution < -0.4 is 10.6 Å². The second-order valence-corrected chi connectivity index (χ2v) is 6.35. The maximum atomic E-state index is 11.5. The molecule has 142 valence electrons. The fraction of sp³-hybridized carbons (Fsp3) is 0.368. The van der Waals surface area contributed by atoms with Crippen molar-refractivity contribution in [3.05, 3.63) is 53.3 Å². The molecule has 0 radical (unpaired) electrons. The van der Waals surface area contributed by atoms with E-state index in [0.29, 0.717) is 19.6 Å². The minimum atomic E-state index is -0.500. The molecule has 27 heavy (non-hydrogen) atoms.